The molecule has 132 valence electrons. The number of thiophene rings is 1. The minimum atomic E-state index is -0.183. The van der Waals surface area contributed by atoms with Crippen LogP contribution in [0.15, 0.2) is 53.2 Å². The highest BCUT2D eigenvalue weighted by Gasteiger charge is 2.29. The highest BCUT2D eigenvalue weighted by atomic mass is 32.1. The molecule has 1 aliphatic heterocycles. The molecule has 0 aliphatic carbocycles. The zero-order valence-electron chi connectivity index (χ0n) is 13.9. The standard InChI is InChI=1S/C19H17N3O2S2/c23-17-11-22(10-14(20-17)9-13-5-2-1-3-6-13)19(24)15-12-26-18(21-15)16-7-4-8-25-16/h1-8,12,14H,9-11H2,(H,20,23)/t14-/m0/s1. The van der Waals surface area contributed by atoms with Crippen molar-refractivity contribution in [2.45, 2.75) is 12.5 Å². The van der Waals surface area contributed by atoms with Crippen LogP contribution in [0.25, 0.3) is 9.88 Å². The number of hydrogen-bond donors (Lipinski definition) is 1. The summed E-state index contributed by atoms with van der Waals surface area (Å²) >= 11 is 3.05. The van der Waals surface area contributed by atoms with Crippen LogP contribution >= 0.6 is 22.7 Å². The maximum absolute atomic E-state index is 12.8. The number of hydrogen-bond acceptors (Lipinski definition) is 5. The second kappa shape index (κ2) is 7.39. The summed E-state index contributed by atoms with van der Waals surface area (Å²) in [5.41, 5.74) is 1.55. The summed E-state index contributed by atoms with van der Waals surface area (Å²) in [7, 11) is 0. The van der Waals surface area contributed by atoms with Crippen LogP contribution in [0.2, 0.25) is 0 Å². The highest BCUT2D eigenvalue weighted by Crippen LogP contribution is 2.28. The number of carbonyl (C=O) groups excluding carboxylic acids is 2. The third-order valence-electron chi connectivity index (χ3n) is 4.21. The Morgan fingerprint density at radius 2 is 2.04 bits per heavy atom. The molecular formula is C19H17N3O2S2. The number of thiazole rings is 1. The second-order valence-electron chi connectivity index (χ2n) is 6.16. The molecule has 1 saturated heterocycles. The molecule has 3 heterocycles. The molecule has 3 aromatic rings. The van der Waals surface area contributed by atoms with E-state index >= 15 is 0 Å². The van der Waals surface area contributed by atoms with Crippen LogP contribution in [0.5, 0.6) is 0 Å². The van der Waals surface area contributed by atoms with Crippen molar-refractivity contribution in [1.29, 1.82) is 0 Å². The van der Waals surface area contributed by atoms with Crippen LogP contribution in [-0.2, 0) is 11.2 Å². The fraction of sp³-hybridized carbons (Fsp3) is 0.211. The number of nitrogens with one attached hydrogen (secondary N) is 1. The van der Waals surface area contributed by atoms with Crippen LogP contribution in [0.3, 0.4) is 0 Å². The van der Waals surface area contributed by atoms with Crippen molar-refractivity contribution in [2.75, 3.05) is 13.1 Å². The molecule has 7 heteroatoms. The zero-order valence-corrected chi connectivity index (χ0v) is 15.6. The summed E-state index contributed by atoms with van der Waals surface area (Å²) in [6, 6.07) is 13.8. The molecule has 0 radical (unpaired) electrons. The van der Waals surface area contributed by atoms with Crippen LogP contribution in [-0.4, -0.2) is 40.8 Å². The Hall–Kier alpha value is -2.51. The van der Waals surface area contributed by atoms with Gasteiger partial charge in [-0.2, -0.15) is 0 Å². The van der Waals surface area contributed by atoms with Gasteiger partial charge in [0.05, 0.1) is 17.5 Å². The Bertz CT molecular complexity index is 906. The summed E-state index contributed by atoms with van der Waals surface area (Å²) in [6.07, 6.45) is 0.702. The fourth-order valence-electron chi connectivity index (χ4n) is 3.04. The predicted octanol–water partition coefficient (Wildman–Crippen LogP) is 3.05. The van der Waals surface area contributed by atoms with Gasteiger partial charge in [-0.15, -0.1) is 22.7 Å². The van der Waals surface area contributed by atoms with Crippen LogP contribution < -0.4 is 5.32 Å². The van der Waals surface area contributed by atoms with Crippen LogP contribution in [0, 0.1) is 0 Å². The first-order valence-corrected chi connectivity index (χ1v) is 10.1. The SMILES string of the molecule is O=C1CN(C(=O)c2csc(-c3cccs3)n2)C[C@H](Cc2ccccc2)N1. The molecule has 26 heavy (non-hydrogen) atoms. The largest absolute Gasteiger partial charge is 0.350 e. The topological polar surface area (TPSA) is 62.3 Å². The maximum atomic E-state index is 12.8. The summed E-state index contributed by atoms with van der Waals surface area (Å²) in [6.45, 7) is 0.571. The van der Waals surface area contributed by atoms with Crippen molar-refractivity contribution in [1.82, 2.24) is 15.2 Å². The average molecular weight is 383 g/mol. The van der Waals surface area contributed by atoms with E-state index in [0.717, 1.165) is 15.4 Å². The molecule has 0 saturated carbocycles. The average Bonchev–Trinajstić information content (AvgIpc) is 3.33. The number of piperazine rings is 1. The third kappa shape index (κ3) is 3.68. The van der Waals surface area contributed by atoms with Crippen molar-refractivity contribution in [3.8, 4) is 9.88 Å². The van der Waals surface area contributed by atoms with Crippen molar-refractivity contribution >= 4 is 34.5 Å². The van der Waals surface area contributed by atoms with Gasteiger partial charge in [0.2, 0.25) is 5.91 Å². The molecule has 1 fully saturated rings. The van der Waals surface area contributed by atoms with Gasteiger partial charge < -0.3 is 10.2 Å². The first kappa shape index (κ1) is 16.9. The van der Waals surface area contributed by atoms with Gasteiger partial charge in [0.25, 0.3) is 5.91 Å². The van der Waals surface area contributed by atoms with Gasteiger partial charge >= 0.3 is 0 Å². The summed E-state index contributed by atoms with van der Waals surface area (Å²) < 4.78 is 0. The number of benzene rings is 1. The first-order chi connectivity index (χ1) is 12.7. The summed E-state index contributed by atoms with van der Waals surface area (Å²) in [5.74, 6) is -0.309. The van der Waals surface area contributed by atoms with E-state index in [2.05, 4.69) is 10.3 Å². The van der Waals surface area contributed by atoms with Gasteiger partial charge in [0.1, 0.15) is 10.7 Å². The first-order valence-electron chi connectivity index (χ1n) is 8.31. The van der Waals surface area contributed by atoms with Gasteiger partial charge in [-0.1, -0.05) is 36.4 Å². The molecule has 2 amide bonds. The molecule has 0 bridgehead atoms. The Morgan fingerprint density at radius 1 is 1.19 bits per heavy atom. The summed E-state index contributed by atoms with van der Waals surface area (Å²) in [5, 5.41) is 7.58. The lowest BCUT2D eigenvalue weighted by Crippen LogP contribution is -2.56. The molecule has 2 aromatic heterocycles. The summed E-state index contributed by atoms with van der Waals surface area (Å²) in [4.78, 5) is 32.0. The zero-order chi connectivity index (χ0) is 17.9. The normalized spacial score (nSPS) is 17.2. The monoisotopic (exact) mass is 383 g/mol. The lowest BCUT2D eigenvalue weighted by atomic mass is 10.0. The number of amides is 2. The molecule has 1 aromatic carbocycles. The molecule has 0 unspecified atom stereocenters. The quantitative estimate of drug-likeness (QED) is 0.753. The van der Waals surface area contributed by atoms with Crippen molar-refractivity contribution < 1.29 is 9.59 Å². The van der Waals surface area contributed by atoms with E-state index in [0.29, 0.717) is 18.7 Å². The van der Waals surface area contributed by atoms with Crippen LogP contribution in [0.1, 0.15) is 16.1 Å². The van der Waals surface area contributed by atoms with E-state index in [1.165, 1.54) is 11.3 Å². The third-order valence-corrected chi connectivity index (χ3v) is 6.09. The van der Waals surface area contributed by atoms with E-state index < -0.39 is 0 Å². The molecule has 0 spiro atoms. The highest BCUT2D eigenvalue weighted by molar-refractivity contribution is 7.20. The lowest BCUT2D eigenvalue weighted by molar-refractivity contribution is -0.124. The van der Waals surface area contributed by atoms with Gasteiger partial charge in [-0.25, -0.2) is 4.98 Å². The van der Waals surface area contributed by atoms with E-state index in [1.807, 2.05) is 47.8 Å². The Balaban J connectivity index is 1.47. The number of carbonyl (C=O) groups is 2. The maximum Gasteiger partial charge on any atom is 0.273 e. The fourth-order valence-corrected chi connectivity index (χ4v) is 4.65. The predicted molar refractivity (Wildman–Crippen MR) is 103 cm³/mol. The van der Waals surface area contributed by atoms with Gasteiger partial charge in [-0.3, -0.25) is 9.59 Å². The Morgan fingerprint density at radius 3 is 2.81 bits per heavy atom. The Labute approximate surface area is 159 Å². The molecular weight excluding hydrogens is 366 g/mol. The molecule has 1 aliphatic rings. The molecule has 4 rings (SSSR count). The van der Waals surface area contributed by atoms with Crippen molar-refractivity contribution in [3.63, 3.8) is 0 Å². The minimum Gasteiger partial charge on any atom is -0.350 e. The smallest absolute Gasteiger partial charge is 0.273 e. The van der Waals surface area contributed by atoms with Gasteiger partial charge in [-0.05, 0) is 23.4 Å². The van der Waals surface area contributed by atoms with E-state index in [4.69, 9.17) is 0 Å². The number of nitrogens with zero attached hydrogens (tertiary/aromatic N) is 2. The lowest BCUT2D eigenvalue weighted by Gasteiger charge is -2.32. The second-order valence-corrected chi connectivity index (χ2v) is 7.96. The van der Waals surface area contributed by atoms with Crippen molar-refractivity contribution in [2.24, 2.45) is 0 Å². The molecule has 5 nitrogen and oxygen atoms in total. The minimum absolute atomic E-state index is 0.0794. The number of aromatic nitrogens is 1. The molecule has 1 N–H and O–H groups in total. The van der Waals surface area contributed by atoms with E-state index in [1.54, 1.807) is 21.6 Å². The van der Waals surface area contributed by atoms with Crippen LogP contribution in [0.4, 0.5) is 0 Å². The number of rotatable bonds is 4. The Kier molecular flexibility index (Phi) is 4.81. The van der Waals surface area contributed by atoms with Crippen molar-refractivity contribution in [3.05, 3.63) is 64.5 Å². The van der Waals surface area contributed by atoms with E-state index in [-0.39, 0.29) is 24.4 Å². The van der Waals surface area contributed by atoms with E-state index in [9.17, 15) is 9.59 Å². The molecule has 1 atom stereocenters. The van der Waals surface area contributed by atoms with Gasteiger partial charge in [0.15, 0.2) is 0 Å². The van der Waals surface area contributed by atoms with Gasteiger partial charge in [0, 0.05) is 11.9 Å².